The summed E-state index contributed by atoms with van der Waals surface area (Å²) < 4.78 is 1.87. The minimum absolute atomic E-state index is 0.0470. The zero-order valence-electron chi connectivity index (χ0n) is 15.7. The molecule has 0 unspecified atom stereocenters. The number of hydrogen-bond acceptors (Lipinski definition) is 3. The number of hydrogen-bond donors (Lipinski definition) is 1. The highest BCUT2D eigenvalue weighted by Crippen LogP contribution is 2.40. The van der Waals surface area contributed by atoms with Gasteiger partial charge in [0.05, 0.1) is 17.9 Å². The second kappa shape index (κ2) is 7.23. The van der Waals surface area contributed by atoms with E-state index in [-0.39, 0.29) is 5.91 Å². The number of carbonyl (C=O) groups is 1. The van der Waals surface area contributed by atoms with Gasteiger partial charge in [0.15, 0.2) is 0 Å². The lowest BCUT2D eigenvalue weighted by Crippen LogP contribution is -2.43. The molecule has 1 amide bonds. The molecule has 1 saturated carbocycles. The van der Waals surface area contributed by atoms with Crippen LogP contribution in [-0.2, 0) is 4.79 Å². The number of nitrogens with one attached hydrogen (secondary N) is 1. The van der Waals surface area contributed by atoms with E-state index in [9.17, 15) is 4.79 Å². The highest BCUT2D eigenvalue weighted by molar-refractivity contribution is 5.91. The van der Waals surface area contributed by atoms with Crippen LogP contribution in [0.2, 0.25) is 0 Å². The summed E-state index contributed by atoms with van der Waals surface area (Å²) in [6.45, 7) is 7.00. The number of anilines is 1. The van der Waals surface area contributed by atoms with Crippen LogP contribution in [0.3, 0.4) is 0 Å². The van der Waals surface area contributed by atoms with Crippen LogP contribution in [0.25, 0.3) is 5.69 Å². The van der Waals surface area contributed by atoms with Gasteiger partial charge in [-0.15, -0.1) is 0 Å². The van der Waals surface area contributed by atoms with Gasteiger partial charge in [-0.05, 0) is 43.2 Å². The molecule has 2 heterocycles. The fraction of sp³-hybridized carbons (Fsp3) is 0.524. The third kappa shape index (κ3) is 3.98. The van der Waals surface area contributed by atoms with E-state index in [0.717, 1.165) is 30.3 Å². The van der Waals surface area contributed by atoms with Gasteiger partial charge < -0.3 is 5.32 Å². The summed E-state index contributed by atoms with van der Waals surface area (Å²) >= 11 is 0. The van der Waals surface area contributed by atoms with Gasteiger partial charge >= 0.3 is 0 Å². The van der Waals surface area contributed by atoms with Crippen LogP contribution in [-0.4, -0.2) is 40.2 Å². The number of piperidine rings is 1. The lowest BCUT2D eigenvalue weighted by atomic mass is 9.92. The van der Waals surface area contributed by atoms with E-state index in [0.29, 0.717) is 24.3 Å². The van der Waals surface area contributed by atoms with E-state index in [2.05, 4.69) is 24.1 Å². The molecule has 2 fully saturated rings. The summed E-state index contributed by atoms with van der Waals surface area (Å²) in [5.41, 5.74) is 2.07. The number of amides is 1. The lowest BCUT2D eigenvalue weighted by Gasteiger charge is -2.34. The summed E-state index contributed by atoms with van der Waals surface area (Å²) in [6, 6.07) is 12.1. The third-order valence-electron chi connectivity index (χ3n) is 5.30. The zero-order valence-corrected chi connectivity index (χ0v) is 15.7. The molecule has 1 saturated heterocycles. The first kappa shape index (κ1) is 17.3. The van der Waals surface area contributed by atoms with Gasteiger partial charge in [-0.2, -0.15) is 5.10 Å². The standard InChI is InChI=1S/C21H28N4O/c1-15-10-16(2)13-24(12-15)14-21(26)22-20-11-19(17-8-9-17)23-25(20)18-6-4-3-5-7-18/h3-7,11,15-17H,8-10,12-14H2,1-2H3,(H,22,26)/t15-,16+. The Morgan fingerprint density at radius 1 is 1.15 bits per heavy atom. The van der Waals surface area contributed by atoms with Crippen LogP contribution in [0.4, 0.5) is 5.82 Å². The van der Waals surface area contributed by atoms with Crippen molar-refractivity contribution in [3.8, 4) is 5.69 Å². The number of aromatic nitrogens is 2. The molecule has 2 aromatic rings. The molecule has 5 nitrogen and oxygen atoms in total. The summed E-state index contributed by atoms with van der Waals surface area (Å²) in [4.78, 5) is 15.0. The summed E-state index contributed by atoms with van der Waals surface area (Å²) in [7, 11) is 0. The maximum atomic E-state index is 12.7. The number of para-hydroxylation sites is 1. The van der Waals surface area contributed by atoms with E-state index in [1.54, 1.807) is 0 Å². The average molecular weight is 352 g/mol. The van der Waals surface area contributed by atoms with E-state index >= 15 is 0 Å². The molecule has 5 heteroatoms. The molecule has 4 rings (SSSR count). The number of carbonyl (C=O) groups excluding carboxylic acids is 1. The molecule has 2 atom stereocenters. The Morgan fingerprint density at radius 2 is 1.85 bits per heavy atom. The fourth-order valence-corrected chi connectivity index (χ4v) is 4.14. The first-order valence-corrected chi connectivity index (χ1v) is 9.76. The van der Waals surface area contributed by atoms with Crippen molar-refractivity contribution in [3.63, 3.8) is 0 Å². The van der Waals surface area contributed by atoms with Gasteiger partial charge in [-0.25, -0.2) is 4.68 Å². The maximum Gasteiger partial charge on any atom is 0.239 e. The molecular formula is C21H28N4O. The third-order valence-corrected chi connectivity index (χ3v) is 5.30. The van der Waals surface area contributed by atoms with E-state index in [1.165, 1.54) is 19.3 Å². The highest BCUT2D eigenvalue weighted by atomic mass is 16.2. The Hall–Kier alpha value is -2.14. The minimum atomic E-state index is 0.0470. The smallest absolute Gasteiger partial charge is 0.239 e. The van der Waals surface area contributed by atoms with Crippen molar-refractivity contribution < 1.29 is 4.79 Å². The second-order valence-electron chi connectivity index (χ2n) is 8.16. The summed E-state index contributed by atoms with van der Waals surface area (Å²) in [5, 5.41) is 7.86. The summed E-state index contributed by atoms with van der Waals surface area (Å²) in [6.07, 6.45) is 3.65. The normalized spacial score (nSPS) is 23.8. The van der Waals surface area contributed by atoms with Crippen LogP contribution in [0.15, 0.2) is 36.4 Å². The molecule has 1 aromatic carbocycles. The van der Waals surface area contributed by atoms with Crippen LogP contribution < -0.4 is 5.32 Å². The molecule has 1 aliphatic heterocycles. The predicted molar refractivity (Wildman–Crippen MR) is 104 cm³/mol. The Balaban J connectivity index is 1.49. The highest BCUT2D eigenvalue weighted by Gasteiger charge is 2.28. The fourth-order valence-electron chi connectivity index (χ4n) is 4.14. The largest absolute Gasteiger partial charge is 0.309 e. The van der Waals surface area contributed by atoms with E-state index in [1.807, 2.05) is 41.1 Å². The molecule has 26 heavy (non-hydrogen) atoms. The van der Waals surface area contributed by atoms with Crippen molar-refractivity contribution in [2.75, 3.05) is 25.0 Å². The van der Waals surface area contributed by atoms with Crippen LogP contribution in [0.5, 0.6) is 0 Å². The Morgan fingerprint density at radius 3 is 2.50 bits per heavy atom. The van der Waals surface area contributed by atoms with Crippen molar-refractivity contribution in [1.82, 2.24) is 14.7 Å². The van der Waals surface area contributed by atoms with Gasteiger partial charge in [-0.1, -0.05) is 32.0 Å². The first-order chi connectivity index (χ1) is 12.6. The second-order valence-corrected chi connectivity index (χ2v) is 8.16. The quantitative estimate of drug-likeness (QED) is 0.893. The Labute approximate surface area is 155 Å². The van der Waals surface area contributed by atoms with Crippen LogP contribution in [0.1, 0.15) is 44.7 Å². The van der Waals surface area contributed by atoms with Gasteiger partial charge in [0.1, 0.15) is 5.82 Å². The van der Waals surface area contributed by atoms with E-state index in [4.69, 9.17) is 5.10 Å². The Kier molecular flexibility index (Phi) is 4.81. The van der Waals surface area contributed by atoms with Crippen molar-refractivity contribution in [3.05, 3.63) is 42.1 Å². The predicted octanol–water partition coefficient (Wildman–Crippen LogP) is 3.67. The van der Waals surface area contributed by atoms with Gasteiger partial charge in [-0.3, -0.25) is 9.69 Å². The van der Waals surface area contributed by atoms with Gasteiger partial charge in [0.25, 0.3) is 0 Å². The zero-order chi connectivity index (χ0) is 18.1. The molecule has 2 aliphatic rings. The van der Waals surface area contributed by atoms with Crippen LogP contribution >= 0.6 is 0 Å². The number of likely N-dealkylation sites (tertiary alicyclic amines) is 1. The minimum Gasteiger partial charge on any atom is -0.309 e. The first-order valence-electron chi connectivity index (χ1n) is 9.76. The molecule has 1 N–H and O–H groups in total. The monoisotopic (exact) mass is 352 g/mol. The molecule has 1 aromatic heterocycles. The molecule has 0 spiro atoms. The number of nitrogens with zero attached hydrogens (tertiary/aromatic N) is 3. The maximum absolute atomic E-state index is 12.7. The van der Waals surface area contributed by atoms with Crippen molar-refractivity contribution in [2.45, 2.75) is 39.0 Å². The number of benzene rings is 1. The molecule has 138 valence electrons. The van der Waals surface area contributed by atoms with E-state index < -0.39 is 0 Å². The average Bonchev–Trinajstić information content (AvgIpc) is 3.36. The Bertz CT molecular complexity index is 756. The number of rotatable bonds is 5. The topological polar surface area (TPSA) is 50.2 Å². The van der Waals surface area contributed by atoms with Crippen molar-refractivity contribution in [2.24, 2.45) is 11.8 Å². The van der Waals surface area contributed by atoms with Crippen LogP contribution in [0, 0.1) is 11.8 Å². The molecule has 1 aliphatic carbocycles. The molecule has 0 bridgehead atoms. The molecule has 0 radical (unpaired) electrons. The van der Waals surface area contributed by atoms with Crippen molar-refractivity contribution in [1.29, 1.82) is 0 Å². The lowest BCUT2D eigenvalue weighted by molar-refractivity contribution is -0.117. The van der Waals surface area contributed by atoms with Gasteiger partial charge in [0, 0.05) is 25.1 Å². The molecular weight excluding hydrogens is 324 g/mol. The van der Waals surface area contributed by atoms with Gasteiger partial charge in [0.2, 0.25) is 5.91 Å². The summed E-state index contributed by atoms with van der Waals surface area (Å²) in [5.74, 6) is 2.69. The SMILES string of the molecule is C[C@@H]1C[C@H](C)CN(CC(=O)Nc2cc(C3CC3)nn2-c2ccccc2)C1. The van der Waals surface area contributed by atoms with Crippen molar-refractivity contribution >= 4 is 11.7 Å².